The molecule has 2 aromatic heterocycles. The molecule has 1 aliphatic rings. The molecule has 0 bridgehead atoms. The van der Waals surface area contributed by atoms with E-state index in [4.69, 9.17) is 0 Å². The highest BCUT2D eigenvalue weighted by molar-refractivity contribution is 5.99. The van der Waals surface area contributed by atoms with Gasteiger partial charge in [-0.15, -0.1) is 0 Å². The molecule has 0 spiro atoms. The number of anilines is 2. The Bertz CT molecular complexity index is 1150. The molecule has 0 fully saturated rings. The van der Waals surface area contributed by atoms with Gasteiger partial charge in [-0.3, -0.25) is 4.98 Å². The van der Waals surface area contributed by atoms with Gasteiger partial charge in [0.05, 0.1) is 33.7 Å². The Morgan fingerprint density at radius 2 is 2.04 bits per heavy atom. The fourth-order valence-corrected chi connectivity index (χ4v) is 4.02. The van der Waals surface area contributed by atoms with Crippen molar-refractivity contribution in [3.63, 3.8) is 0 Å². The van der Waals surface area contributed by atoms with Crippen LogP contribution in [0.1, 0.15) is 30.8 Å². The van der Waals surface area contributed by atoms with Crippen LogP contribution in [0.3, 0.4) is 0 Å². The lowest BCUT2D eigenvalue weighted by Crippen LogP contribution is -2.26. The first-order valence-electron chi connectivity index (χ1n) is 9.08. The molecule has 142 valence electrons. The molecule has 0 saturated carbocycles. The lowest BCUT2D eigenvalue weighted by Gasteiger charge is -2.27. The zero-order valence-electron chi connectivity index (χ0n) is 16.2. The van der Waals surface area contributed by atoms with E-state index in [9.17, 15) is 8.78 Å². The van der Waals surface area contributed by atoms with Crippen LogP contribution in [0.25, 0.3) is 16.5 Å². The van der Waals surface area contributed by atoms with Gasteiger partial charge in [-0.25, -0.2) is 13.8 Å². The van der Waals surface area contributed by atoms with Crippen LogP contribution in [0.15, 0.2) is 49.7 Å². The Kier molecular flexibility index (Phi) is 4.07. The quantitative estimate of drug-likeness (QED) is 0.537. The van der Waals surface area contributed by atoms with Crippen molar-refractivity contribution >= 4 is 27.9 Å². The molecule has 3 nitrogen and oxygen atoms in total. The number of allylic oxidation sites excluding steroid dienone is 2. The molecule has 0 unspecified atom stereocenters. The van der Waals surface area contributed by atoms with Crippen molar-refractivity contribution in [3.05, 3.63) is 78.3 Å². The van der Waals surface area contributed by atoms with Crippen LogP contribution >= 0.6 is 0 Å². The molecule has 1 aromatic carbocycles. The first-order valence-corrected chi connectivity index (χ1v) is 9.08. The standard InChI is InChI=1S/C23H21F2N3/c1-6-13(2)20-14(3)21(19-16(25)10-15(24)11-17(19)27-20)28-12-23(4,5)22-18(28)8-7-9-26-22/h6-11H,1-2,12H2,3-5H3. The molecule has 0 N–H and O–H groups in total. The van der Waals surface area contributed by atoms with E-state index in [-0.39, 0.29) is 10.9 Å². The van der Waals surface area contributed by atoms with E-state index in [0.29, 0.717) is 28.9 Å². The maximum atomic E-state index is 15.0. The van der Waals surface area contributed by atoms with Gasteiger partial charge in [-0.1, -0.05) is 33.1 Å². The highest BCUT2D eigenvalue weighted by Gasteiger charge is 2.38. The Hall–Kier alpha value is -3.08. The summed E-state index contributed by atoms with van der Waals surface area (Å²) < 4.78 is 28.9. The number of aromatic nitrogens is 2. The van der Waals surface area contributed by atoms with Gasteiger partial charge in [0.25, 0.3) is 0 Å². The van der Waals surface area contributed by atoms with E-state index >= 15 is 0 Å². The molecule has 28 heavy (non-hydrogen) atoms. The summed E-state index contributed by atoms with van der Waals surface area (Å²) in [6.07, 6.45) is 3.37. The number of benzene rings is 1. The SMILES string of the molecule is C=CC(=C)c1nc2cc(F)cc(F)c2c(N2CC(C)(C)c3ncccc32)c1C. The van der Waals surface area contributed by atoms with Crippen LogP contribution in [-0.2, 0) is 5.41 Å². The molecule has 1 aliphatic heterocycles. The van der Waals surface area contributed by atoms with Gasteiger partial charge in [0.2, 0.25) is 0 Å². The predicted octanol–water partition coefficient (Wildman–Crippen LogP) is 5.84. The van der Waals surface area contributed by atoms with Gasteiger partial charge >= 0.3 is 0 Å². The average molecular weight is 377 g/mol. The van der Waals surface area contributed by atoms with Crippen molar-refractivity contribution < 1.29 is 8.78 Å². The van der Waals surface area contributed by atoms with Gasteiger partial charge in [0, 0.05) is 30.3 Å². The number of nitrogens with zero attached hydrogens (tertiary/aromatic N) is 3. The summed E-state index contributed by atoms with van der Waals surface area (Å²) in [6.45, 7) is 14.5. The van der Waals surface area contributed by atoms with Crippen molar-refractivity contribution in [2.24, 2.45) is 0 Å². The summed E-state index contributed by atoms with van der Waals surface area (Å²) in [7, 11) is 0. The zero-order chi connectivity index (χ0) is 20.2. The summed E-state index contributed by atoms with van der Waals surface area (Å²) >= 11 is 0. The summed E-state index contributed by atoms with van der Waals surface area (Å²) in [5, 5.41) is 0.298. The van der Waals surface area contributed by atoms with Crippen LogP contribution in [0.5, 0.6) is 0 Å². The van der Waals surface area contributed by atoms with E-state index < -0.39 is 11.6 Å². The van der Waals surface area contributed by atoms with Crippen LogP contribution in [0.4, 0.5) is 20.2 Å². The Balaban J connectivity index is 2.11. The fourth-order valence-electron chi connectivity index (χ4n) is 4.02. The van der Waals surface area contributed by atoms with Gasteiger partial charge in [0.15, 0.2) is 0 Å². The Morgan fingerprint density at radius 1 is 1.29 bits per heavy atom. The first kappa shape index (κ1) is 18.3. The lowest BCUT2D eigenvalue weighted by atomic mass is 9.91. The molecular weight excluding hydrogens is 356 g/mol. The molecular formula is C23H21F2N3. The van der Waals surface area contributed by atoms with E-state index in [1.807, 2.05) is 19.1 Å². The van der Waals surface area contributed by atoms with E-state index in [1.54, 1.807) is 12.3 Å². The van der Waals surface area contributed by atoms with E-state index in [0.717, 1.165) is 23.0 Å². The molecule has 0 aliphatic carbocycles. The second-order valence-corrected chi connectivity index (χ2v) is 7.79. The minimum atomic E-state index is -0.661. The van der Waals surface area contributed by atoms with Crippen molar-refractivity contribution in [2.45, 2.75) is 26.2 Å². The highest BCUT2D eigenvalue weighted by atomic mass is 19.1. The molecule has 0 amide bonds. The van der Waals surface area contributed by atoms with Crippen molar-refractivity contribution in [2.75, 3.05) is 11.4 Å². The predicted molar refractivity (Wildman–Crippen MR) is 110 cm³/mol. The van der Waals surface area contributed by atoms with Gasteiger partial charge in [-0.05, 0) is 30.2 Å². The molecule has 4 rings (SSSR count). The lowest BCUT2D eigenvalue weighted by molar-refractivity contribution is 0.553. The molecule has 0 radical (unpaired) electrons. The highest BCUT2D eigenvalue weighted by Crippen LogP contribution is 2.47. The molecule has 3 aromatic rings. The number of rotatable bonds is 3. The number of halogens is 2. The normalized spacial score (nSPS) is 15.0. The molecule has 0 saturated heterocycles. The maximum Gasteiger partial charge on any atom is 0.137 e. The third-order valence-corrected chi connectivity index (χ3v) is 5.31. The van der Waals surface area contributed by atoms with Gasteiger partial charge in [-0.2, -0.15) is 0 Å². The minimum Gasteiger partial charge on any atom is -0.338 e. The zero-order valence-corrected chi connectivity index (χ0v) is 16.2. The Labute approximate surface area is 163 Å². The fraction of sp³-hybridized carbons (Fsp3) is 0.217. The third-order valence-electron chi connectivity index (χ3n) is 5.31. The largest absolute Gasteiger partial charge is 0.338 e. The summed E-state index contributed by atoms with van der Waals surface area (Å²) in [5.74, 6) is -1.29. The molecule has 0 atom stereocenters. The average Bonchev–Trinajstić information content (AvgIpc) is 2.92. The Morgan fingerprint density at radius 3 is 2.75 bits per heavy atom. The van der Waals surface area contributed by atoms with Crippen LogP contribution < -0.4 is 4.90 Å². The number of hydrogen-bond acceptors (Lipinski definition) is 3. The summed E-state index contributed by atoms with van der Waals surface area (Å²) in [6, 6.07) is 6.00. The smallest absolute Gasteiger partial charge is 0.137 e. The van der Waals surface area contributed by atoms with Crippen molar-refractivity contribution in [1.29, 1.82) is 0 Å². The number of pyridine rings is 2. The number of fused-ring (bicyclic) bond motifs is 2. The van der Waals surface area contributed by atoms with Crippen LogP contribution in [0, 0.1) is 18.6 Å². The van der Waals surface area contributed by atoms with E-state index in [2.05, 4.69) is 41.9 Å². The van der Waals surface area contributed by atoms with Crippen LogP contribution in [0.2, 0.25) is 0 Å². The second kappa shape index (κ2) is 6.23. The summed E-state index contributed by atoms with van der Waals surface area (Å²) in [5.41, 5.74) is 4.54. The monoisotopic (exact) mass is 377 g/mol. The van der Waals surface area contributed by atoms with Crippen molar-refractivity contribution in [3.8, 4) is 0 Å². The van der Waals surface area contributed by atoms with E-state index in [1.165, 1.54) is 6.07 Å². The summed E-state index contributed by atoms with van der Waals surface area (Å²) in [4.78, 5) is 11.1. The third kappa shape index (κ3) is 2.61. The minimum absolute atomic E-state index is 0.218. The van der Waals surface area contributed by atoms with Gasteiger partial charge in [0.1, 0.15) is 11.6 Å². The molecule has 5 heteroatoms. The topological polar surface area (TPSA) is 29.0 Å². The van der Waals surface area contributed by atoms with Gasteiger partial charge < -0.3 is 4.90 Å². The van der Waals surface area contributed by atoms with Crippen molar-refractivity contribution in [1.82, 2.24) is 9.97 Å². The van der Waals surface area contributed by atoms with Crippen LogP contribution in [-0.4, -0.2) is 16.5 Å². The number of hydrogen-bond donors (Lipinski definition) is 0. The maximum absolute atomic E-state index is 15.0. The second-order valence-electron chi connectivity index (χ2n) is 7.79. The molecule has 3 heterocycles. The first-order chi connectivity index (χ1) is 13.2.